The molecular weight excluding hydrogens is 294 g/mol. The second-order valence-electron chi connectivity index (χ2n) is 4.26. The van der Waals surface area contributed by atoms with Crippen LogP contribution in [-0.2, 0) is 15.6 Å². The van der Waals surface area contributed by atoms with E-state index in [1.807, 2.05) is 0 Å². The topological polar surface area (TPSA) is 93.6 Å². The Kier molecular flexibility index (Phi) is 4.23. The van der Waals surface area contributed by atoms with Crippen LogP contribution in [0.4, 0.5) is 0 Å². The van der Waals surface area contributed by atoms with E-state index in [0.29, 0.717) is 5.75 Å². The first-order chi connectivity index (χ1) is 9.92. The maximum Gasteiger partial charge on any atom is 0.354 e. The van der Waals surface area contributed by atoms with Gasteiger partial charge in [-0.2, -0.15) is 0 Å². The zero-order valence-corrected chi connectivity index (χ0v) is 12.0. The summed E-state index contributed by atoms with van der Waals surface area (Å²) in [6.07, 6.45) is 0. The van der Waals surface area contributed by atoms with Crippen LogP contribution < -0.4 is 4.74 Å². The Hall–Kier alpha value is -2.41. The zero-order valence-electron chi connectivity index (χ0n) is 11.2. The summed E-state index contributed by atoms with van der Waals surface area (Å²) in [6, 6.07) is 10.3. The summed E-state index contributed by atoms with van der Waals surface area (Å²) >= 11 is 0. The van der Waals surface area contributed by atoms with Gasteiger partial charge in [-0.05, 0) is 30.3 Å². The van der Waals surface area contributed by atoms with Gasteiger partial charge in [0, 0.05) is 0 Å². The standard InChI is InChI=1S/C14H13NO5S/c1-20-11-5-3-6-12(8-11)21(18,19)9-10-4-2-7-13(15-10)14(16)17/h2-8H,9H2,1H3,(H,16,17). The number of aromatic carboxylic acids is 1. The molecule has 0 bridgehead atoms. The zero-order chi connectivity index (χ0) is 15.5. The molecule has 0 unspecified atom stereocenters. The molecule has 1 aromatic heterocycles. The fourth-order valence-electron chi connectivity index (χ4n) is 1.75. The summed E-state index contributed by atoms with van der Waals surface area (Å²) in [5.41, 5.74) is -0.00828. The molecule has 1 aromatic carbocycles. The summed E-state index contributed by atoms with van der Waals surface area (Å²) in [4.78, 5) is 14.8. The van der Waals surface area contributed by atoms with Crippen LogP contribution in [0.15, 0.2) is 47.4 Å². The molecule has 7 heteroatoms. The van der Waals surface area contributed by atoms with E-state index in [0.717, 1.165) is 0 Å². The second-order valence-corrected chi connectivity index (χ2v) is 6.25. The predicted molar refractivity (Wildman–Crippen MR) is 75.1 cm³/mol. The van der Waals surface area contributed by atoms with Crippen molar-refractivity contribution in [2.24, 2.45) is 0 Å². The highest BCUT2D eigenvalue weighted by molar-refractivity contribution is 7.90. The molecule has 1 N–H and O–H groups in total. The predicted octanol–water partition coefficient (Wildman–Crippen LogP) is 1.76. The normalized spacial score (nSPS) is 11.1. The van der Waals surface area contributed by atoms with Crippen molar-refractivity contribution in [1.29, 1.82) is 0 Å². The monoisotopic (exact) mass is 307 g/mol. The smallest absolute Gasteiger partial charge is 0.354 e. The SMILES string of the molecule is COc1cccc(S(=O)(=O)Cc2cccc(C(=O)O)n2)c1. The van der Waals surface area contributed by atoms with E-state index in [4.69, 9.17) is 9.84 Å². The molecule has 0 amide bonds. The minimum Gasteiger partial charge on any atom is -0.497 e. The number of rotatable bonds is 5. The quantitative estimate of drug-likeness (QED) is 0.904. The molecule has 0 fully saturated rings. The number of carboxylic acid groups (broad SMARTS) is 1. The van der Waals surface area contributed by atoms with Gasteiger partial charge in [0.15, 0.2) is 9.84 Å². The Balaban J connectivity index is 2.32. The van der Waals surface area contributed by atoms with Crippen LogP contribution in [0.25, 0.3) is 0 Å². The number of ether oxygens (including phenoxy) is 1. The third-order valence-corrected chi connectivity index (χ3v) is 4.41. The molecule has 1 heterocycles. The molecule has 2 aromatic rings. The maximum atomic E-state index is 12.3. The molecule has 0 radical (unpaired) electrons. The second kappa shape index (κ2) is 5.92. The average molecular weight is 307 g/mol. The molecule has 0 aliphatic carbocycles. The van der Waals surface area contributed by atoms with Gasteiger partial charge in [0.25, 0.3) is 0 Å². The van der Waals surface area contributed by atoms with Crippen LogP contribution in [0.3, 0.4) is 0 Å². The Morgan fingerprint density at radius 2 is 1.95 bits per heavy atom. The number of nitrogens with zero attached hydrogens (tertiary/aromatic N) is 1. The van der Waals surface area contributed by atoms with E-state index in [1.54, 1.807) is 12.1 Å². The average Bonchev–Trinajstić information content (AvgIpc) is 2.47. The maximum absolute atomic E-state index is 12.3. The number of methoxy groups -OCH3 is 1. The Bertz CT molecular complexity index is 770. The van der Waals surface area contributed by atoms with Crippen molar-refractivity contribution in [3.8, 4) is 5.75 Å². The van der Waals surface area contributed by atoms with E-state index in [9.17, 15) is 13.2 Å². The van der Waals surface area contributed by atoms with Gasteiger partial charge < -0.3 is 9.84 Å². The molecule has 6 nitrogen and oxygen atoms in total. The van der Waals surface area contributed by atoms with Crippen molar-refractivity contribution in [2.45, 2.75) is 10.6 Å². The number of hydrogen-bond donors (Lipinski definition) is 1. The lowest BCUT2D eigenvalue weighted by Crippen LogP contribution is -2.09. The first-order valence-electron chi connectivity index (χ1n) is 5.98. The molecule has 110 valence electrons. The van der Waals surface area contributed by atoms with Gasteiger partial charge in [-0.15, -0.1) is 0 Å². The largest absolute Gasteiger partial charge is 0.497 e. The molecule has 0 saturated carbocycles. The van der Waals surface area contributed by atoms with Crippen molar-refractivity contribution in [1.82, 2.24) is 4.98 Å². The van der Waals surface area contributed by atoms with Crippen molar-refractivity contribution in [3.63, 3.8) is 0 Å². The van der Waals surface area contributed by atoms with Gasteiger partial charge in [-0.1, -0.05) is 12.1 Å². The lowest BCUT2D eigenvalue weighted by atomic mass is 10.3. The number of aromatic nitrogens is 1. The summed E-state index contributed by atoms with van der Waals surface area (Å²) in [5.74, 6) is -1.14. The number of carbonyl (C=O) groups is 1. The van der Waals surface area contributed by atoms with E-state index in [2.05, 4.69) is 4.98 Å². The van der Waals surface area contributed by atoms with Gasteiger partial charge in [-0.3, -0.25) is 0 Å². The van der Waals surface area contributed by atoms with Gasteiger partial charge in [0.1, 0.15) is 11.4 Å². The minimum absolute atomic E-state index is 0.101. The lowest BCUT2D eigenvalue weighted by molar-refractivity contribution is 0.0690. The van der Waals surface area contributed by atoms with Crippen LogP contribution in [0.2, 0.25) is 0 Å². The minimum atomic E-state index is -3.62. The Morgan fingerprint density at radius 3 is 2.62 bits per heavy atom. The fraction of sp³-hybridized carbons (Fsp3) is 0.143. The third kappa shape index (κ3) is 3.57. The van der Waals surface area contributed by atoms with E-state index < -0.39 is 15.8 Å². The van der Waals surface area contributed by atoms with Crippen LogP contribution >= 0.6 is 0 Å². The van der Waals surface area contributed by atoms with Gasteiger partial charge >= 0.3 is 5.97 Å². The molecule has 0 aliphatic heterocycles. The first kappa shape index (κ1) is 15.0. The summed E-state index contributed by atoms with van der Waals surface area (Å²) in [5, 5.41) is 8.86. The van der Waals surface area contributed by atoms with Crippen LogP contribution in [0.5, 0.6) is 5.75 Å². The summed E-state index contributed by atoms with van der Waals surface area (Å²) in [7, 11) is -2.18. The molecule has 2 rings (SSSR count). The van der Waals surface area contributed by atoms with E-state index >= 15 is 0 Å². The molecule has 0 atom stereocenters. The molecule has 21 heavy (non-hydrogen) atoms. The van der Waals surface area contributed by atoms with Gasteiger partial charge in [-0.25, -0.2) is 18.2 Å². The summed E-state index contributed by atoms with van der Waals surface area (Å²) in [6.45, 7) is 0. The number of pyridine rings is 1. The summed E-state index contributed by atoms with van der Waals surface area (Å²) < 4.78 is 29.6. The third-order valence-electron chi connectivity index (χ3n) is 2.76. The Morgan fingerprint density at radius 1 is 1.24 bits per heavy atom. The number of sulfone groups is 1. The molecule has 0 saturated heterocycles. The molecule has 0 aliphatic rings. The lowest BCUT2D eigenvalue weighted by Gasteiger charge is -2.06. The van der Waals surface area contributed by atoms with Crippen LogP contribution in [0, 0.1) is 0 Å². The van der Waals surface area contributed by atoms with E-state index in [-0.39, 0.29) is 22.0 Å². The van der Waals surface area contributed by atoms with Crippen molar-refractivity contribution < 1.29 is 23.1 Å². The highest BCUT2D eigenvalue weighted by Gasteiger charge is 2.17. The number of benzene rings is 1. The van der Waals surface area contributed by atoms with Gasteiger partial charge in [0.05, 0.1) is 23.5 Å². The highest BCUT2D eigenvalue weighted by Crippen LogP contribution is 2.20. The molecule has 0 spiro atoms. The number of hydrogen-bond acceptors (Lipinski definition) is 5. The van der Waals surface area contributed by atoms with E-state index in [1.165, 1.54) is 37.4 Å². The van der Waals surface area contributed by atoms with Crippen LogP contribution in [-0.4, -0.2) is 31.6 Å². The Labute approximate surface area is 121 Å². The molecular formula is C14H13NO5S. The number of carboxylic acids is 1. The van der Waals surface area contributed by atoms with Crippen molar-refractivity contribution >= 4 is 15.8 Å². The van der Waals surface area contributed by atoms with Crippen molar-refractivity contribution in [3.05, 3.63) is 53.9 Å². The van der Waals surface area contributed by atoms with Gasteiger partial charge in [0.2, 0.25) is 0 Å². The van der Waals surface area contributed by atoms with Crippen LogP contribution in [0.1, 0.15) is 16.2 Å². The highest BCUT2D eigenvalue weighted by atomic mass is 32.2. The van der Waals surface area contributed by atoms with Crippen molar-refractivity contribution in [2.75, 3.05) is 7.11 Å². The first-order valence-corrected chi connectivity index (χ1v) is 7.63. The fourth-order valence-corrected chi connectivity index (χ4v) is 3.05.